The Hall–Kier alpha value is -1.19. The number of hydrogen-bond acceptors (Lipinski definition) is 2. The van der Waals surface area contributed by atoms with Crippen LogP contribution in [0.1, 0.15) is 12.0 Å². The maximum Gasteiger partial charge on any atom is 0.307 e. The van der Waals surface area contributed by atoms with Gasteiger partial charge in [-0.2, -0.15) is 0 Å². The highest BCUT2D eigenvalue weighted by Gasteiger charge is 2.14. The molecule has 0 radical (unpaired) electrons. The monoisotopic (exact) mass is 260 g/mol. The Labute approximate surface area is 103 Å². The van der Waals surface area contributed by atoms with Gasteiger partial charge in [-0.25, -0.2) is 0 Å². The van der Waals surface area contributed by atoms with Crippen molar-refractivity contribution in [3.63, 3.8) is 0 Å². The number of carbonyl (C=O) groups is 1. The molecule has 16 heavy (non-hydrogen) atoms. The minimum Gasteiger partial charge on any atom is -0.495 e. The van der Waals surface area contributed by atoms with Gasteiger partial charge in [0.05, 0.1) is 18.6 Å². The number of carboxylic acid groups (broad SMARTS) is 1. The van der Waals surface area contributed by atoms with Gasteiger partial charge in [-0.3, -0.25) is 4.79 Å². The molecule has 1 aromatic carbocycles. The number of carboxylic acids is 1. The Morgan fingerprint density at radius 1 is 1.50 bits per heavy atom. The summed E-state index contributed by atoms with van der Waals surface area (Å²) in [6, 6.07) is 3.11. The van der Waals surface area contributed by atoms with Crippen LogP contribution in [0.4, 0.5) is 0 Å². The lowest BCUT2D eigenvalue weighted by Gasteiger charge is -2.12. The van der Waals surface area contributed by atoms with Gasteiger partial charge in [-0.05, 0) is 17.7 Å². The minimum absolute atomic E-state index is 0.187. The number of rotatable bonds is 4. The molecule has 0 unspecified atom stereocenters. The summed E-state index contributed by atoms with van der Waals surface area (Å²) in [6.07, 6.45) is -0.187. The van der Waals surface area contributed by atoms with Crippen LogP contribution in [0.15, 0.2) is 18.7 Å². The molecule has 1 N–H and O–H groups in total. The predicted molar refractivity (Wildman–Crippen MR) is 64.3 cm³/mol. The molecule has 5 heteroatoms. The van der Waals surface area contributed by atoms with E-state index in [9.17, 15) is 4.79 Å². The lowest BCUT2D eigenvalue weighted by molar-refractivity contribution is -0.135. The summed E-state index contributed by atoms with van der Waals surface area (Å²) in [6.45, 7) is 3.68. The normalized spacial score (nSPS) is 9.94. The molecule has 0 amide bonds. The van der Waals surface area contributed by atoms with Gasteiger partial charge in [0, 0.05) is 10.6 Å². The summed E-state index contributed by atoms with van der Waals surface area (Å²) in [4.78, 5) is 10.6. The maximum absolute atomic E-state index is 10.6. The molecular formula is C11H10Cl2O3. The second-order valence-electron chi connectivity index (χ2n) is 3.14. The van der Waals surface area contributed by atoms with Crippen molar-refractivity contribution in [2.75, 3.05) is 7.11 Å². The van der Waals surface area contributed by atoms with Crippen molar-refractivity contribution in [2.24, 2.45) is 0 Å². The molecule has 0 fully saturated rings. The van der Waals surface area contributed by atoms with Crippen LogP contribution in [0.5, 0.6) is 5.75 Å². The zero-order valence-corrected chi connectivity index (χ0v) is 10.1. The van der Waals surface area contributed by atoms with Gasteiger partial charge in [-0.1, -0.05) is 29.8 Å². The average molecular weight is 261 g/mol. The molecule has 86 valence electrons. The number of aliphatic carboxylic acids is 1. The van der Waals surface area contributed by atoms with Gasteiger partial charge in [-0.15, -0.1) is 0 Å². The van der Waals surface area contributed by atoms with E-state index in [1.807, 2.05) is 0 Å². The molecule has 1 rings (SSSR count). The van der Waals surface area contributed by atoms with E-state index < -0.39 is 5.97 Å². The summed E-state index contributed by atoms with van der Waals surface area (Å²) in [5.41, 5.74) is 0.913. The zero-order chi connectivity index (χ0) is 12.3. The van der Waals surface area contributed by atoms with Gasteiger partial charge in [0.1, 0.15) is 5.75 Å². The molecule has 0 aliphatic heterocycles. The van der Waals surface area contributed by atoms with E-state index in [4.69, 9.17) is 33.0 Å². The molecule has 0 saturated carbocycles. The highest BCUT2D eigenvalue weighted by atomic mass is 35.5. The molecule has 0 spiro atoms. The number of hydrogen-bond donors (Lipinski definition) is 1. The first-order valence-electron chi connectivity index (χ1n) is 4.38. The summed E-state index contributed by atoms with van der Waals surface area (Å²) >= 11 is 11.7. The molecule has 0 aromatic heterocycles. The molecule has 0 heterocycles. The number of benzene rings is 1. The summed E-state index contributed by atoms with van der Waals surface area (Å²) < 4.78 is 5.09. The fraction of sp³-hybridized carbons (Fsp3) is 0.182. The van der Waals surface area contributed by atoms with Crippen molar-refractivity contribution in [2.45, 2.75) is 6.42 Å². The lowest BCUT2D eigenvalue weighted by atomic mass is 10.0. The van der Waals surface area contributed by atoms with Crippen LogP contribution >= 0.6 is 23.2 Å². The molecule has 0 aliphatic rings. The second kappa shape index (κ2) is 5.23. The number of ether oxygens (including phenoxy) is 1. The van der Waals surface area contributed by atoms with Crippen molar-refractivity contribution in [3.05, 3.63) is 34.3 Å². The highest BCUT2D eigenvalue weighted by molar-refractivity contribution is 6.36. The van der Waals surface area contributed by atoms with Crippen molar-refractivity contribution in [3.8, 4) is 5.75 Å². The fourth-order valence-corrected chi connectivity index (χ4v) is 1.88. The Morgan fingerprint density at radius 3 is 2.62 bits per heavy atom. The Bertz CT molecular complexity index is 441. The number of halogens is 2. The topological polar surface area (TPSA) is 46.5 Å². The summed E-state index contributed by atoms with van der Waals surface area (Å²) in [5, 5.41) is 9.42. The van der Waals surface area contributed by atoms with Crippen LogP contribution in [0.2, 0.25) is 10.0 Å². The molecule has 1 aromatic rings. The quantitative estimate of drug-likeness (QED) is 0.902. The Balaban J connectivity index is 3.20. The smallest absolute Gasteiger partial charge is 0.307 e. The van der Waals surface area contributed by atoms with Crippen molar-refractivity contribution in [1.29, 1.82) is 0 Å². The molecule has 0 aliphatic carbocycles. The highest BCUT2D eigenvalue weighted by Crippen LogP contribution is 2.36. The molecule has 0 atom stereocenters. The van der Waals surface area contributed by atoms with Gasteiger partial charge in [0.25, 0.3) is 0 Å². The molecule has 0 saturated heterocycles. The van der Waals surface area contributed by atoms with Crippen LogP contribution in [0.25, 0.3) is 5.57 Å². The average Bonchev–Trinajstić information content (AvgIpc) is 2.15. The van der Waals surface area contributed by atoms with Gasteiger partial charge < -0.3 is 9.84 Å². The molecule has 3 nitrogen and oxygen atoms in total. The molecule has 0 bridgehead atoms. The third-order valence-corrected chi connectivity index (χ3v) is 2.46. The van der Waals surface area contributed by atoms with Gasteiger partial charge in [0.2, 0.25) is 0 Å². The van der Waals surface area contributed by atoms with Crippen LogP contribution in [-0.4, -0.2) is 18.2 Å². The molecular weight excluding hydrogens is 251 g/mol. The number of methoxy groups -OCH3 is 1. The summed E-state index contributed by atoms with van der Waals surface area (Å²) in [5.74, 6) is -0.583. The van der Waals surface area contributed by atoms with Crippen LogP contribution in [0, 0.1) is 0 Å². The van der Waals surface area contributed by atoms with E-state index in [-0.39, 0.29) is 6.42 Å². The standard InChI is InChI=1S/C11H10Cl2O3/c1-6(3-10(14)15)8-4-7(12)5-9(13)11(8)16-2/h4-5H,1,3H2,2H3,(H,14,15). The van der Waals surface area contributed by atoms with E-state index in [2.05, 4.69) is 6.58 Å². The van der Waals surface area contributed by atoms with Gasteiger partial charge in [0.15, 0.2) is 0 Å². The first-order valence-corrected chi connectivity index (χ1v) is 5.14. The van der Waals surface area contributed by atoms with E-state index >= 15 is 0 Å². The van der Waals surface area contributed by atoms with E-state index in [1.165, 1.54) is 13.2 Å². The first kappa shape index (κ1) is 12.9. The summed E-state index contributed by atoms with van der Waals surface area (Å²) in [7, 11) is 1.45. The van der Waals surface area contributed by atoms with E-state index in [0.717, 1.165) is 0 Å². The van der Waals surface area contributed by atoms with Crippen molar-refractivity contribution in [1.82, 2.24) is 0 Å². The maximum atomic E-state index is 10.6. The van der Waals surface area contributed by atoms with Gasteiger partial charge >= 0.3 is 5.97 Å². The van der Waals surface area contributed by atoms with Crippen LogP contribution < -0.4 is 4.74 Å². The Morgan fingerprint density at radius 2 is 2.12 bits per heavy atom. The third-order valence-electron chi connectivity index (χ3n) is 1.96. The fourth-order valence-electron chi connectivity index (χ4n) is 1.31. The Kier molecular flexibility index (Phi) is 4.21. The predicted octanol–water partition coefficient (Wildman–Crippen LogP) is 3.49. The van der Waals surface area contributed by atoms with E-state index in [0.29, 0.717) is 26.9 Å². The van der Waals surface area contributed by atoms with Crippen molar-refractivity contribution < 1.29 is 14.6 Å². The largest absolute Gasteiger partial charge is 0.495 e. The van der Waals surface area contributed by atoms with Crippen LogP contribution in [0.3, 0.4) is 0 Å². The second-order valence-corrected chi connectivity index (χ2v) is 3.99. The SMILES string of the molecule is C=C(CC(=O)O)c1cc(Cl)cc(Cl)c1OC. The lowest BCUT2D eigenvalue weighted by Crippen LogP contribution is -1.98. The third kappa shape index (κ3) is 2.90. The minimum atomic E-state index is -0.969. The first-order chi connectivity index (χ1) is 7.45. The van der Waals surface area contributed by atoms with E-state index in [1.54, 1.807) is 6.07 Å². The zero-order valence-electron chi connectivity index (χ0n) is 8.59. The van der Waals surface area contributed by atoms with Crippen molar-refractivity contribution >= 4 is 34.7 Å². The van der Waals surface area contributed by atoms with Crippen LogP contribution in [-0.2, 0) is 4.79 Å².